The maximum Gasteiger partial charge on any atom is 0.346 e. The Kier molecular flexibility index (Phi) is 12.9. The summed E-state index contributed by atoms with van der Waals surface area (Å²) in [5.41, 5.74) is 0.371. The van der Waals surface area contributed by atoms with Crippen LogP contribution in [0.15, 0.2) is 23.8 Å². The number of carbonyl (C=O) groups excluding carboxylic acids is 2. The summed E-state index contributed by atoms with van der Waals surface area (Å²) in [6.07, 6.45) is 24.9. The van der Waals surface area contributed by atoms with Gasteiger partial charge in [0.15, 0.2) is 0 Å². The molecule has 0 saturated heterocycles. The lowest BCUT2D eigenvalue weighted by Gasteiger charge is -2.02. The second kappa shape index (κ2) is 14.9. The van der Waals surface area contributed by atoms with Gasteiger partial charge in [-0.1, -0.05) is 103 Å². The van der Waals surface area contributed by atoms with Crippen molar-refractivity contribution in [1.29, 1.82) is 0 Å². The van der Waals surface area contributed by atoms with Crippen molar-refractivity contribution in [1.82, 2.24) is 0 Å². The minimum absolute atomic E-state index is 0.371. The Balaban J connectivity index is 1.80. The van der Waals surface area contributed by atoms with Crippen LogP contribution in [-0.4, -0.2) is 11.9 Å². The van der Waals surface area contributed by atoms with Crippen molar-refractivity contribution in [2.75, 3.05) is 0 Å². The van der Waals surface area contributed by atoms with E-state index in [1.54, 1.807) is 6.08 Å². The van der Waals surface area contributed by atoms with Gasteiger partial charge in [0.2, 0.25) is 0 Å². The van der Waals surface area contributed by atoms with E-state index in [4.69, 9.17) is 0 Å². The van der Waals surface area contributed by atoms with Gasteiger partial charge in [0, 0.05) is 6.08 Å². The van der Waals surface area contributed by atoms with E-state index in [9.17, 15) is 9.59 Å². The van der Waals surface area contributed by atoms with Crippen molar-refractivity contribution in [2.45, 2.75) is 103 Å². The van der Waals surface area contributed by atoms with Crippen molar-refractivity contribution >= 4 is 11.9 Å². The zero-order chi connectivity index (χ0) is 18.2. The molecule has 0 N–H and O–H groups in total. The molecule has 0 radical (unpaired) electrons. The molecular formula is C22H36O3. The highest BCUT2D eigenvalue weighted by Gasteiger charge is 2.20. The number of ether oxygens (including phenoxy) is 1. The number of cyclic esters (lactones) is 2. The lowest BCUT2D eigenvalue weighted by molar-refractivity contribution is -0.150. The van der Waals surface area contributed by atoms with Crippen molar-refractivity contribution in [3.8, 4) is 0 Å². The molecule has 1 heterocycles. The first kappa shape index (κ1) is 21.7. The van der Waals surface area contributed by atoms with E-state index in [1.807, 2.05) is 6.08 Å². The van der Waals surface area contributed by atoms with Crippen molar-refractivity contribution < 1.29 is 14.3 Å². The number of allylic oxidation sites excluding steroid dienone is 1. The first-order chi connectivity index (χ1) is 12.2. The topological polar surface area (TPSA) is 43.4 Å². The van der Waals surface area contributed by atoms with Crippen molar-refractivity contribution in [3.63, 3.8) is 0 Å². The molecule has 0 atom stereocenters. The molecule has 0 aromatic carbocycles. The van der Waals surface area contributed by atoms with E-state index >= 15 is 0 Å². The van der Waals surface area contributed by atoms with Crippen LogP contribution < -0.4 is 0 Å². The highest BCUT2D eigenvalue weighted by molar-refractivity contribution is 6.10. The Hall–Kier alpha value is -1.38. The van der Waals surface area contributed by atoms with Gasteiger partial charge in [-0.15, -0.1) is 0 Å². The lowest BCUT2D eigenvalue weighted by atomic mass is 10.0. The molecule has 3 heteroatoms. The van der Waals surface area contributed by atoms with E-state index < -0.39 is 11.9 Å². The molecule has 1 aliphatic heterocycles. The zero-order valence-electron chi connectivity index (χ0n) is 16.1. The molecule has 25 heavy (non-hydrogen) atoms. The van der Waals surface area contributed by atoms with Gasteiger partial charge in [-0.2, -0.15) is 0 Å². The molecule has 0 saturated carbocycles. The molecule has 0 fully saturated rings. The number of esters is 2. The predicted molar refractivity (Wildman–Crippen MR) is 103 cm³/mol. The molecule has 1 rings (SSSR count). The van der Waals surface area contributed by atoms with E-state index in [0.717, 1.165) is 12.8 Å². The molecule has 0 unspecified atom stereocenters. The maximum absolute atomic E-state index is 11.2. The van der Waals surface area contributed by atoms with Crippen LogP contribution in [0.2, 0.25) is 0 Å². The number of rotatable bonds is 16. The van der Waals surface area contributed by atoms with Crippen LogP contribution in [0.4, 0.5) is 0 Å². The fourth-order valence-electron chi connectivity index (χ4n) is 3.15. The zero-order valence-corrected chi connectivity index (χ0v) is 16.1. The van der Waals surface area contributed by atoms with Gasteiger partial charge >= 0.3 is 11.9 Å². The summed E-state index contributed by atoms with van der Waals surface area (Å²) >= 11 is 0. The average molecular weight is 349 g/mol. The van der Waals surface area contributed by atoms with Crippen LogP contribution in [-0.2, 0) is 14.3 Å². The smallest absolute Gasteiger partial charge is 0.346 e. The largest absolute Gasteiger partial charge is 0.386 e. The number of hydrogen-bond donors (Lipinski definition) is 0. The highest BCUT2D eigenvalue weighted by atomic mass is 16.6. The van der Waals surface area contributed by atoms with Gasteiger partial charge in [0.25, 0.3) is 0 Å². The highest BCUT2D eigenvalue weighted by Crippen LogP contribution is 2.14. The average Bonchev–Trinajstić information content (AvgIpc) is 2.92. The van der Waals surface area contributed by atoms with Gasteiger partial charge in [0.1, 0.15) is 0 Å². The molecule has 0 spiro atoms. The first-order valence-electron chi connectivity index (χ1n) is 10.4. The third-order valence-electron chi connectivity index (χ3n) is 4.72. The van der Waals surface area contributed by atoms with Crippen molar-refractivity contribution in [3.05, 3.63) is 23.8 Å². The fourth-order valence-corrected chi connectivity index (χ4v) is 3.15. The SMILES string of the molecule is CCCCCCCCCCCCCCCCC=CC1=CC(=O)OC1=O. The van der Waals surface area contributed by atoms with E-state index in [1.165, 1.54) is 89.5 Å². The predicted octanol–water partition coefficient (Wildman–Crippen LogP) is 6.42. The molecule has 3 nitrogen and oxygen atoms in total. The molecular weight excluding hydrogens is 312 g/mol. The quantitative estimate of drug-likeness (QED) is 0.183. The molecule has 0 aromatic heterocycles. The van der Waals surface area contributed by atoms with Crippen LogP contribution in [0, 0.1) is 0 Å². The fraction of sp³-hybridized carbons (Fsp3) is 0.727. The second-order valence-corrected chi connectivity index (χ2v) is 7.10. The van der Waals surface area contributed by atoms with E-state index in [0.29, 0.717) is 5.57 Å². The minimum Gasteiger partial charge on any atom is -0.386 e. The van der Waals surface area contributed by atoms with Crippen LogP contribution in [0.25, 0.3) is 0 Å². The Labute approximate surface area is 153 Å². The summed E-state index contributed by atoms with van der Waals surface area (Å²) in [6, 6.07) is 0. The Bertz CT molecular complexity index is 435. The summed E-state index contributed by atoms with van der Waals surface area (Å²) in [4.78, 5) is 22.1. The Morgan fingerprint density at radius 2 is 1.24 bits per heavy atom. The third-order valence-corrected chi connectivity index (χ3v) is 4.72. The van der Waals surface area contributed by atoms with Crippen LogP contribution in [0.5, 0.6) is 0 Å². The molecule has 0 aromatic rings. The van der Waals surface area contributed by atoms with Gasteiger partial charge in [-0.25, -0.2) is 9.59 Å². The molecule has 0 amide bonds. The third kappa shape index (κ3) is 11.7. The van der Waals surface area contributed by atoms with Gasteiger partial charge in [-0.05, 0) is 12.8 Å². The molecule has 142 valence electrons. The van der Waals surface area contributed by atoms with Gasteiger partial charge < -0.3 is 4.74 Å². The summed E-state index contributed by atoms with van der Waals surface area (Å²) in [5.74, 6) is -1.08. The van der Waals surface area contributed by atoms with Gasteiger partial charge in [-0.3, -0.25) is 0 Å². The summed E-state index contributed by atoms with van der Waals surface area (Å²) in [6.45, 7) is 2.27. The molecule has 1 aliphatic rings. The molecule has 0 aliphatic carbocycles. The standard InChI is InChI=1S/C22H36O3/c1-2-3-4-5-6-7-8-9-10-11-12-13-14-15-16-17-18-20-19-21(23)25-22(20)24/h17-19H,2-16H2,1H3. The Morgan fingerprint density at radius 1 is 0.760 bits per heavy atom. The summed E-state index contributed by atoms with van der Waals surface area (Å²) < 4.78 is 4.43. The van der Waals surface area contributed by atoms with Crippen LogP contribution >= 0.6 is 0 Å². The van der Waals surface area contributed by atoms with E-state index in [-0.39, 0.29) is 0 Å². The number of unbranched alkanes of at least 4 members (excludes halogenated alkanes) is 14. The molecule has 0 bridgehead atoms. The number of carbonyl (C=O) groups is 2. The number of hydrogen-bond acceptors (Lipinski definition) is 3. The van der Waals surface area contributed by atoms with Crippen LogP contribution in [0.1, 0.15) is 103 Å². The normalized spacial score (nSPS) is 14.4. The summed E-state index contributed by atoms with van der Waals surface area (Å²) in [5, 5.41) is 0. The summed E-state index contributed by atoms with van der Waals surface area (Å²) in [7, 11) is 0. The monoisotopic (exact) mass is 348 g/mol. The second-order valence-electron chi connectivity index (χ2n) is 7.10. The minimum atomic E-state index is -0.554. The first-order valence-corrected chi connectivity index (χ1v) is 10.4. The van der Waals surface area contributed by atoms with Gasteiger partial charge in [0.05, 0.1) is 5.57 Å². The Morgan fingerprint density at radius 3 is 1.68 bits per heavy atom. The van der Waals surface area contributed by atoms with E-state index in [2.05, 4.69) is 11.7 Å². The van der Waals surface area contributed by atoms with Crippen LogP contribution in [0.3, 0.4) is 0 Å². The maximum atomic E-state index is 11.2. The van der Waals surface area contributed by atoms with Crippen molar-refractivity contribution in [2.24, 2.45) is 0 Å². The lowest BCUT2D eigenvalue weighted by Crippen LogP contribution is -2.00.